The Morgan fingerprint density at radius 1 is 1.17 bits per heavy atom. The van der Waals surface area contributed by atoms with Gasteiger partial charge in [-0.25, -0.2) is 0 Å². The summed E-state index contributed by atoms with van der Waals surface area (Å²) in [5.74, 6) is 0.567. The Labute approximate surface area is 170 Å². The smallest absolute Gasteiger partial charge is 0.258 e. The van der Waals surface area contributed by atoms with E-state index in [1.165, 1.54) is 6.92 Å². The molecule has 1 aliphatic rings. The van der Waals surface area contributed by atoms with Gasteiger partial charge < -0.3 is 9.72 Å². The van der Waals surface area contributed by atoms with Crippen LogP contribution in [0.15, 0.2) is 53.3 Å². The second kappa shape index (κ2) is 6.32. The number of hydrogen-bond acceptors (Lipinski definition) is 4. The van der Waals surface area contributed by atoms with Crippen molar-refractivity contribution in [1.82, 2.24) is 14.5 Å². The maximum Gasteiger partial charge on any atom is 0.258 e. The molecule has 3 heterocycles. The molecule has 29 heavy (non-hydrogen) atoms. The molecule has 0 saturated carbocycles. The van der Waals surface area contributed by atoms with Crippen LogP contribution in [0, 0.1) is 6.92 Å². The maximum absolute atomic E-state index is 12.9. The molecule has 0 saturated heterocycles. The van der Waals surface area contributed by atoms with Crippen molar-refractivity contribution >= 4 is 28.4 Å². The highest BCUT2D eigenvalue weighted by atomic mass is 35.5. The average molecular weight is 406 g/mol. The van der Waals surface area contributed by atoms with E-state index < -0.39 is 5.92 Å². The van der Waals surface area contributed by atoms with Crippen molar-refractivity contribution in [3.8, 4) is 11.6 Å². The minimum Gasteiger partial charge on any atom is -0.436 e. The molecule has 2 aromatic heterocycles. The van der Waals surface area contributed by atoms with Crippen LogP contribution in [0.25, 0.3) is 10.9 Å². The fraction of sp³-hybridized carbons (Fsp3) is 0.136. The molecule has 1 aliphatic heterocycles. The monoisotopic (exact) mass is 405 g/mol. The van der Waals surface area contributed by atoms with Gasteiger partial charge in [-0.3, -0.25) is 14.2 Å². The van der Waals surface area contributed by atoms with Crippen molar-refractivity contribution in [3.05, 3.63) is 86.6 Å². The number of hydrogen-bond donors (Lipinski definition) is 1. The molecule has 5 rings (SSSR count). The van der Waals surface area contributed by atoms with Gasteiger partial charge in [0.25, 0.3) is 5.56 Å². The van der Waals surface area contributed by atoms with Crippen LogP contribution >= 0.6 is 11.6 Å². The lowest BCUT2D eigenvalue weighted by molar-refractivity contribution is 0.0937. The van der Waals surface area contributed by atoms with E-state index in [9.17, 15) is 9.59 Å². The third kappa shape index (κ3) is 2.60. The van der Waals surface area contributed by atoms with E-state index in [0.29, 0.717) is 27.9 Å². The van der Waals surface area contributed by atoms with Gasteiger partial charge in [0.2, 0.25) is 11.8 Å². The van der Waals surface area contributed by atoms with Gasteiger partial charge in [0.15, 0.2) is 5.75 Å². The Bertz CT molecular complexity index is 1350. The first-order chi connectivity index (χ1) is 14.0. The summed E-state index contributed by atoms with van der Waals surface area (Å²) in [4.78, 5) is 32.8. The number of para-hydroxylation sites is 1. The van der Waals surface area contributed by atoms with Gasteiger partial charge in [-0.2, -0.15) is 4.98 Å². The summed E-state index contributed by atoms with van der Waals surface area (Å²) in [7, 11) is 0. The van der Waals surface area contributed by atoms with Crippen LogP contribution in [0.1, 0.15) is 40.3 Å². The first-order valence-electron chi connectivity index (χ1n) is 9.14. The molecule has 6 nitrogen and oxygen atoms in total. The van der Waals surface area contributed by atoms with E-state index in [2.05, 4.69) is 9.97 Å². The molecular formula is C22H16ClN3O3. The highest BCUT2D eigenvalue weighted by Crippen LogP contribution is 2.49. The van der Waals surface area contributed by atoms with Crippen LogP contribution in [0.2, 0.25) is 5.02 Å². The molecule has 1 N–H and O–H groups in total. The Balaban J connectivity index is 1.93. The summed E-state index contributed by atoms with van der Waals surface area (Å²) in [6, 6.07) is 14.8. The summed E-state index contributed by atoms with van der Waals surface area (Å²) >= 11 is 6.08. The second-order valence-corrected chi connectivity index (χ2v) is 7.48. The van der Waals surface area contributed by atoms with Crippen molar-refractivity contribution in [3.63, 3.8) is 0 Å². The number of nitrogens with one attached hydrogen (secondary N) is 1. The number of ether oxygens (including phenoxy) is 1. The average Bonchev–Trinajstić information content (AvgIpc) is 3.01. The lowest BCUT2D eigenvalue weighted by atomic mass is 9.87. The number of aromatic amines is 1. The van der Waals surface area contributed by atoms with Crippen LogP contribution in [-0.4, -0.2) is 20.4 Å². The normalized spacial score (nSPS) is 14.9. The van der Waals surface area contributed by atoms with Gasteiger partial charge in [-0.05, 0) is 36.8 Å². The van der Waals surface area contributed by atoms with Crippen LogP contribution < -0.4 is 10.3 Å². The summed E-state index contributed by atoms with van der Waals surface area (Å²) in [5, 5.41) is 1.38. The fourth-order valence-corrected chi connectivity index (χ4v) is 4.18. The molecule has 0 spiro atoms. The molecule has 1 atom stereocenters. The number of aryl methyl sites for hydroxylation is 1. The van der Waals surface area contributed by atoms with Crippen LogP contribution in [0.5, 0.6) is 11.6 Å². The van der Waals surface area contributed by atoms with Gasteiger partial charge in [0.1, 0.15) is 5.82 Å². The first kappa shape index (κ1) is 17.7. The highest BCUT2D eigenvalue weighted by molar-refractivity contribution is 6.30. The van der Waals surface area contributed by atoms with Crippen molar-refractivity contribution in [1.29, 1.82) is 0 Å². The van der Waals surface area contributed by atoms with Gasteiger partial charge in [-0.1, -0.05) is 35.9 Å². The Hall–Kier alpha value is -3.38. The molecule has 0 radical (unpaired) electrons. The molecule has 4 aromatic rings. The zero-order valence-corrected chi connectivity index (χ0v) is 16.4. The molecule has 144 valence electrons. The van der Waals surface area contributed by atoms with Gasteiger partial charge in [0, 0.05) is 17.3 Å². The van der Waals surface area contributed by atoms with Crippen molar-refractivity contribution < 1.29 is 9.53 Å². The number of halogens is 1. The topological polar surface area (TPSA) is 77.0 Å². The van der Waals surface area contributed by atoms with Gasteiger partial charge in [-0.15, -0.1) is 0 Å². The summed E-state index contributed by atoms with van der Waals surface area (Å²) < 4.78 is 7.75. The summed E-state index contributed by atoms with van der Waals surface area (Å²) in [6.45, 7) is 3.20. The summed E-state index contributed by atoms with van der Waals surface area (Å²) in [5.41, 5.74) is 2.24. The number of carbonyl (C=O) groups is 1. The van der Waals surface area contributed by atoms with E-state index in [4.69, 9.17) is 16.3 Å². The quantitative estimate of drug-likeness (QED) is 0.441. The van der Waals surface area contributed by atoms with E-state index in [1.54, 1.807) is 23.6 Å². The van der Waals surface area contributed by atoms with Gasteiger partial charge >= 0.3 is 0 Å². The SMILES string of the molecule is CC(=O)n1c2c(c3ccccc31)Oc1nc(C)[nH]c(=O)c1C2c1ccc(Cl)cc1. The van der Waals surface area contributed by atoms with E-state index in [0.717, 1.165) is 16.5 Å². The molecule has 2 aromatic carbocycles. The molecule has 7 heteroatoms. The number of fused-ring (bicyclic) bond motifs is 4. The Morgan fingerprint density at radius 2 is 1.90 bits per heavy atom. The number of rotatable bonds is 1. The fourth-order valence-electron chi connectivity index (χ4n) is 4.05. The Morgan fingerprint density at radius 3 is 2.62 bits per heavy atom. The van der Waals surface area contributed by atoms with Crippen molar-refractivity contribution in [2.45, 2.75) is 19.8 Å². The standard InChI is InChI=1S/C22H16ClN3O3/c1-11-24-21(28)18-17(13-7-9-14(23)10-8-13)19-20(29-22(18)25-11)15-5-3-4-6-16(15)26(19)12(2)27/h3-10,17H,1-2H3,(H,24,25,28). The first-order valence-corrected chi connectivity index (χ1v) is 9.52. The van der Waals surface area contributed by atoms with Crippen LogP contribution in [0.4, 0.5) is 0 Å². The minimum atomic E-state index is -0.529. The molecule has 0 aliphatic carbocycles. The third-order valence-electron chi connectivity index (χ3n) is 5.18. The molecular weight excluding hydrogens is 390 g/mol. The predicted octanol–water partition coefficient (Wildman–Crippen LogP) is 4.63. The molecule has 0 bridgehead atoms. The molecule has 1 unspecified atom stereocenters. The van der Waals surface area contributed by atoms with E-state index in [-0.39, 0.29) is 17.3 Å². The lowest BCUT2D eigenvalue weighted by Crippen LogP contribution is -2.27. The number of benzene rings is 2. The van der Waals surface area contributed by atoms with E-state index in [1.807, 2.05) is 36.4 Å². The molecule has 0 fully saturated rings. The number of aromatic nitrogens is 3. The predicted molar refractivity (Wildman–Crippen MR) is 110 cm³/mol. The third-order valence-corrected chi connectivity index (χ3v) is 5.43. The van der Waals surface area contributed by atoms with E-state index >= 15 is 0 Å². The largest absolute Gasteiger partial charge is 0.436 e. The number of carbonyl (C=O) groups excluding carboxylic acids is 1. The maximum atomic E-state index is 12.9. The summed E-state index contributed by atoms with van der Waals surface area (Å²) in [6.07, 6.45) is 0. The van der Waals surface area contributed by atoms with Crippen molar-refractivity contribution in [2.75, 3.05) is 0 Å². The molecule has 0 amide bonds. The zero-order chi connectivity index (χ0) is 20.3. The highest BCUT2D eigenvalue weighted by Gasteiger charge is 2.38. The van der Waals surface area contributed by atoms with Gasteiger partial charge in [0.05, 0.1) is 22.7 Å². The lowest BCUT2D eigenvalue weighted by Gasteiger charge is -2.26. The number of H-pyrrole nitrogens is 1. The van der Waals surface area contributed by atoms with Crippen molar-refractivity contribution in [2.24, 2.45) is 0 Å². The zero-order valence-electron chi connectivity index (χ0n) is 15.7. The number of nitrogens with zero attached hydrogens (tertiary/aromatic N) is 2. The second-order valence-electron chi connectivity index (χ2n) is 7.04. The Kier molecular flexibility index (Phi) is 3.86. The minimum absolute atomic E-state index is 0.162. The van der Waals surface area contributed by atoms with Crippen LogP contribution in [0.3, 0.4) is 0 Å². The van der Waals surface area contributed by atoms with Crippen LogP contribution in [-0.2, 0) is 0 Å².